The number of carbonyl (C=O) groups is 1. The predicted octanol–water partition coefficient (Wildman–Crippen LogP) is 4.33. The van der Waals surface area contributed by atoms with Gasteiger partial charge in [0.05, 0.1) is 11.0 Å². The van der Waals surface area contributed by atoms with E-state index in [0.717, 1.165) is 47.2 Å². The Morgan fingerprint density at radius 2 is 2.33 bits per heavy atom. The maximum Gasteiger partial charge on any atom is 0.281 e. The number of amides is 1. The SMILES string of the molecule is CC(=O)N1CCCC1CNCc1coc2cc(Oc3nc4ncccc4s3)ccc12. The van der Waals surface area contributed by atoms with Crippen LogP contribution in [0.1, 0.15) is 25.3 Å². The van der Waals surface area contributed by atoms with Gasteiger partial charge in [0.15, 0.2) is 5.65 Å². The van der Waals surface area contributed by atoms with Crippen molar-refractivity contribution in [3.05, 3.63) is 48.4 Å². The van der Waals surface area contributed by atoms with Crippen molar-refractivity contribution in [3.8, 4) is 10.9 Å². The van der Waals surface area contributed by atoms with Crippen molar-refractivity contribution >= 4 is 38.6 Å². The Hall–Kier alpha value is -2.97. The summed E-state index contributed by atoms with van der Waals surface area (Å²) >= 11 is 1.46. The number of nitrogens with one attached hydrogen (secondary N) is 1. The number of likely N-dealkylation sites (tertiary alicyclic amines) is 1. The van der Waals surface area contributed by atoms with Gasteiger partial charge in [-0.15, -0.1) is 0 Å². The fourth-order valence-electron chi connectivity index (χ4n) is 3.99. The van der Waals surface area contributed by atoms with E-state index < -0.39 is 0 Å². The molecule has 1 aliphatic rings. The van der Waals surface area contributed by atoms with E-state index in [-0.39, 0.29) is 11.9 Å². The van der Waals surface area contributed by atoms with Gasteiger partial charge >= 0.3 is 0 Å². The van der Waals surface area contributed by atoms with E-state index in [1.54, 1.807) is 19.4 Å². The maximum absolute atomic E-state index is 11.7. The van der Waals surface area contributed by atoms with Gasteiger partial charge in [-0.2, -0.15) is 4.98 Å². The zero-order valence-corrected chi connectivity index (χ0v) is 17.4. The van der Waals surface area contributed by atoms with Gasteiger partial charge in [0.25, 0.3) is 5.19 Å². The number of carbonyl (C=O) groups excluding carboxylic acids is 1. The Bertz CT molecular complexity index is 1170. The van der Waals surface area contributed by atoms with Crippen LogP contribution < -0.4 is 10.1 Å². The zero-order chi connectivity index (χ0) is 20.5. The molecule has 1 saturated heterocycles. The highest BCUT2D eigenvalue weighted by Crippen LogP contribution is 2.32. The topological polar surface area (TPSA) is 80.5 Å². The summed E-state index contributed by atoms with van der Waals surface area (Å²) in [7, 11) is 0. The third-order valence-electron chi connectivity index (χ3n) is 5.45. The first-order valence-corrected chi connectivity index (χ1v) is 10.9. The van der Waals surface area contributed by atoms with E-state index >= 15 is 0 Å². The molecule has 7 nitrogen and oxygen atoms in total. The zero-order valence-electron chi connectivity index (χ0n) is 16.6. The van der Waals surface area contributed by atoms with Crippen molar-refractivity contribution in [1.82, 2.24) is 20.2 Å². The van der Waals surface area contributed by atoms with E-state index in [9.17, 15) is 4.79 Å². The molecule has 1 fully saturated rings. The van der Waals surface area contributed by atoms with Crippen molar-refractivity contribution in [3.63, 3.8) is 0 Å². The molecule has 4 heterocycles. The summed E-state index contributed by atoms with van der Waals surface area (Å²) in [6, 6.07) is 9.96. The quantitative estimate of drug-likeness (QED) is 0.498. The molecule has 1 atom stereocenters. The molecule has 0 bridgehead atoms. The first-order valence-electron chi connectivity index (χ1n) is 10.0. The fraction of sp³-hybridized carbons (Fsp3) is 0.318. The summed E-state index contributed by atoms with van der Waals surface area (Å²) in [5.41, 5.74) is 2.55. The maximum atomic E-state index is 11.7. The smallest absolute Gasteiger partial charge is 0.281 e. The van der Waals surface area contributed by atoms with Gasteiger partial charge in [-0.1, -0.05) is 11.3 Å². The van der Waals surface area contributed by atoms with Gasteiger partial charge in [0.2, 0.25) is 5.91 Å². The highest BCUT2D eigenvalue weighted by Gasteiger charge is 2.25. The molecule has 3 aromatic heterocycles. The monoisotopic (exact) mass is 422 g/mol. The number of nitrogens with zero attached hydrogens (tertiary/aromatic N) is 3. The molecule has 5 rings (SSSR count). The predicted molar refractivity (Wildman–Crippen MR) is 116 cm³/mol. The van der Waals surface area contributed by atoms with Crippen molar-refractivity contribution < 1.29 is 13.9 Å². The lowest BCUT2D eigenvalue weighted by Gasteiger charge is -2.23. The largest absolute Gasteiger partial charge is 0.464 e. The molecule has 1 unspecified atom stereocenters. The molecule has 0 aliphatic carbocycles. The van der Waals surface area contributed by atoms with Crippen LogP contribution >= 0.6 is 11.3 Å². The Morgan fingerprint density at radius 3 is 3.20 bits per heavy atom. The number of thiazole rings is 1. The number of ether oxygens (including phenoxy) is 1. The van der Waals surface area contributed by atoms with E-state index in [2.05, 4.69) is 15.3 Å². The van der Waals surface area contributed by atoms with Gasteiger partial charge in [0.1, 0.15) is 11.3 Å². The van der Waals surface area contributed by atoms with Gasteiger partial charge in [-0.3, -0.25) is 4.79 Å². The molecule has 0 spiro atoms. The van der Waals surface area contributed by atoms with Crippen molar-refractivity contribution in [2.45, 2.75) is 32.4 Å². The third-order valence-corrected chi connectivity index (χ3v) is 6.34. The average Bonchev–Trinajstić information content (AvgIpc) is 3.46. The van der Waals surface area contributed by atoms with Crippen LogP contribution in [0.2, 0.25) is 0 Å². The summed E-state index contributed by atoms with van der Waals surface area (Å²) in [5, 5.41) is 5.09. The molecule has 1 N–H and O–H groups in total. The number of pyridine rings is 1. The first-order chi connectivity index (χ1) is 14.7. The van der Waals surface area contributed by atoms with Gasteiger partial charge in [-0.05, 0) is 37.1 Å². The van der Waals surface area contributed by atoms with E-state index in [1.165, 1.54) is 11.3 Å². The summed E-state index contributed by atoms with van der Waals surface area (Å²) in [4.78, 5) is 22.3. The summed E-state index contributed by atoms with van der Waals surface area (Å²) in [5.74, 6) is 0.836. The average molecular weight is 423 g/mol. The molecule has 8 heteroatoms. The summed E-state index contributed by atoms with van der Waals surface area (Å²) in [6.45, 7) is 3.99. The number of aromatic nitrogens is 2. The highest BCUT2D eigenvalue weighted by atomic mass is 32.1. The standard InChI is InChI=1S/C22H22N4O3S/c1-14(27)26-9-3-4-16(26)12-23-11-15-13-28-19-10-17(6-7-18(15)19)29-22-25-21-20(30-22)5-2-8-24-21/h2,5-8,10,13,16,23H,3-4,9,11-12H2,1H3. The minimum absolute atomic E-state index is 0.157. The molecule has 1 amide bonds. The van der Waals surface area contributed by atoms with Crippen molar-refractivity contribution in [2.75, 3.05) is 13.1 Å². The van der Waals surface area contributed by atoms with Crippen LogP contribution in [0.15, 0.2) is 47.2 Å². The molecule has 154 valence electrons. The first kappa shape index (κ1) is 19.0. The number of hydrogen-bond acceptors (Lipinski definition) is 7. The van der Waals surface area contributed by atoms with E-state index in [0.29, 0.717) is 23.1 Å². The molecule has 1 aliphatic heterocycles. The number of benzene rings is 1. The second-order valence-electron chi connectivity index (χ2n) is 7.47. The molecular formula is C22H22N4O3S. The fourth-order valence-corrected chi connectivity index (χ4v) is 4.79. The van der Waals surface area contributed by atoms with Gasteiger partial charge in [-0.25, -0.2) is 4.98 Å². The second-order valence-corrected chi connectivity index (χ2v) is 8.46. The van der Waals surface area contributed by atoms with E-state index in [4.69, 9.17) is 9.15 Å². The molecule has 0 saturated carbocycles. The minimum atomic E-state index is 0.157. The Balaban J connectivity index is 1.25. The Labute approximate surface area is 177 Å². The van der Waals surface area contributed by atoms with Gasteiger partial charge in [0, 0.05) is 55.8 Å². The Kier molecular flexibility index (Phi) is 5.10. The molecule has 1 aromatic carbocycles. The van der Waals surface area contributed by atoms with Crippen LogP contribution in [0.3, 0.4) is 0 Å². The van der Waals surface area contributed by atoms with Gasteiger partial charge < -0.3 is 19.4 Å². The van der Waals surface area contributed by atoms with Crippen molar-refractivity contribution in [2.24, 2.45) is 0 Å². The lowest BCUT2D eigenvalue weighted by Crippen LogP contribution is -2.40. The highest BCUT2D eigenvalue weighted by molar-refractivity contribution is 7.20. The lowest BCUT2D eigenvalue weighted by molar-refractivity contribution is -0.129. The normalized spacial score (nSPS) is 16.6. The number of fused-ring (bicyclic) bond motifs is 2. The number of furan rings is 1. The van der Waals surface area contributed by atoms with Crippen LogP contribution in [-0.2, 0) is 11.3 Å². The second kappa shape index (κ2) is 8.04. The molecular weight excluding hydrogens is 400 g/mol. The lowest BCUT2D eigenvalue weighted by atomic mass is 10.1. The third kappa shape index (κ3) is 3.76. The van der Waals surface area contributed by atoms with E-state index in [1.807, 2.05) is 35.2 Å². The van der Waals surface area contributed by atoms with Crippen LogP contribution in [0, 0.1) is 0 Å². The molecule has 30 heavy (non-hydrogen) atoms. The van der Waals surface area contributed by atoms with Crippen LogP contribution in [0.25, 0.3) is 21.3 Å². The Morgan fingerprint density at radius 1 is 1.40 bits per heavy atom. The number of rotatable bonds is 6. The number of hydrogen-bond donors (Lipinski definition) is 1. The molecule has 0 radical (unpaired) electrons. The van der Waals surface area contributed by atoms with Crippen LogP contribution in [0.5, 0.6) is 10.9 Å². The minimum Gasteiger partial charge on any atom is -0.464 e. The summed E-state index contributed by atoms with van der Waals surface area (Å²) in [6.07, 6.45) is 5.63. The van der Waals surface area contributed by atoms with Crippen LogP contribution in [0.4, 0.5) is 0 Å². The van der Waals surface area contributed by atoms with Crippen molar-refractivity contribution in [1.29, 1.82) is 0 Å². The molecule has 4 aromatic rings. The summed E-state index contributed by atoms with van der Waals surface area (Å²) < 4.78 is 12.7. The van der Waals surface area contributed by atoms with Crippen LogP contribution in [-0.4, -0.2) is 39.9 Å².